The quantitative estimate of drug-likeness (QED) is 0.493. The van der Waals surface area contributed by atoms with Crippen LogP contribution in [-0.4, -0.2) is 50.5 Å². The molecule has 0 saturated heterocycles. The molecule has 0 heterocycles. The second-order valence-corrected chi connectivity index (χ2v) is 7.37. The van der Waals surface area contributed by atoms with Crippen molar-refractivity contribution >= 4 is 20.4 Å². The van der Waals surface area contributed by atoms with Gasteiger partial charge in [0, 0.05) is 12.5 Å². The van der Waals surface area contributed by atoms with Gasteiger partial charge in [-0.2, -0.15) is 8.78 Å². The van der Waals surface area contributed by atoms with Gasteiger partial charge < -0.3 is 13.8 Å². The Morgan fingerprint density at radius 2 is 1.81 bits per heavy atom. The smallest absolute Gasteiger partial charge is 0.337 e. The van der Waals surface area contributed by atoms with Gasteiger partial charge in [0.05, 0.1) is 12.7 Å². The third kappa shape index (κ3) is 5.71. The van der Waals surface area contributed by atoms with Gasteiger partial charge in [-0.05, 0) is 19.3 Å². The largest absolute Gasteiger partial charge is 0.743 e. The first-order valence-corrected chi connectivity index (χ1v) is 8.90. The third-order valence-electron chi connectivity index (χ3n) is 3.17. The monoisotopic (exact) mass is 351 g/mol. The highest BCUT2D eigenvalue weighted by Gasteiger charge is 2.48. The molecule has 8 nitrogen and oxygen atoms in total. The van der Waals surface area contributed by atoms with Gasteiger partial charge in [0.1, 0.15) is 0 Å². The van der Waals surface area contributed by atoms with E-state index in [1.54, 1.807) is 4.72 Å². The molecule has 2 unspecified atom stereocenters. The number of hydrogen-bond acceptors (Lipinski definition) is 7. The van der Waals surface area contributed by atoms with Gasteiger partial charge in [0.2, 0.25) is 0 Å². The summed E-state index contributed by atoms with van der Waals surface area (Å²) in [6.45, 7) is -0.530. The van der Waals surface area contributed by atoms with Crippen LogP contribution in [0.15, 0.2) is 0 Å². The minimum Gasteiger partial charge on any atom is -0.743 e. The Labute approximate surface area is 121 Å². The van der Waals surface area contributed by atoms with Crippen molar-refractivity contribution in [2.75, 3.05) is 13.2 Å². The number of rotatable bonds is 7. The van der Waals surface area contributed by atoms with Crippen LogP contribution in [-0.2, 0) is 25.2 Å². The molecule has 1 saturated carbocycles. The Kier molecular flexibility index (Phi) is 6.03. The minimum atomic E-state index is -5.74. The van der Waals surface area contributed by atoms with Crippen LogP contribution in [0.4, 0.5) is 8.78 Å². The van der Waals surface area contributed by atoms with E-state index in [0.717, 1.165) is 0 Å². The van der Waals surface area contributed by atoms with Crippen LogP contribution in [0.2, 0.25) is 0 Å². The van der Waals surface area contributed by atoms with Gasteiger partial charge in [-0.1, -0.05) is 6.42 Å². The van der Waals surface area contributed by atoms with E-state index >= 15 is 0 Å². The molecule has 12 heteroatoms. The fraction of sp³-hybridized carbons (Fsp3) is 1.00. The van der Waals surface area contributed by atoms with Gasteiger partial charge in [0.25, 0.3) is 0 Å². The number of alkyl halides is 2. The van der Waals surface area contributed by atoms with Crippen molar-refractivity contribution < 1.29 is 39.5 Å². The number of nitrogens with one attached hydrogen (secondary N) is 1. The fourth-order valence-electron chi connectivity index (χ4n) is 2.20. The lowest BCUT2D eigenvalue weighted by atomic mass is 9.87. The van der Waals surface area contributed by atoms with Crippen molar-refractivity contribution in [3.8, 4) is 0 Å². The maximum atomic E-state index is 13.4. The van der Waals surface area contributed by atoms with E-state index in [1.807, 2.05) is 0 Å². The second-order valence-electron chi connectivity index (χ2n) is 4.72. The standard InChI is InChI=1S/C9H17F2NO7S2/c10-9(11,20(13,14)15)7-2-1-3-8(6-7)19-5-4-12-21(16,17)18/h7-8,12H,1-6H2,(H,13,14,15)(H,16,17,18)/p-2. The Hall–Kier alpha value is -0.400. The highest BCUT2D eigenvalue weighted by molar-refractivity contribution is 7.86. The van der Waals surface area contributed by atoms with Crippen molar-refractivity contribution in [1.82, 2.24) is 4.72 Å². The molecule has 1 aliphatic rings. The number of halogens is 2. The van der Waals surface area contributed by atoms with Crippen LogP contribution in [0, 0.1) is 5.92 Å². The minimum absolute atomic E-state index is 0.110. The zero-order valence-corrected chi connectivity index (χ0v) is 12.5. The lowest BCUT2D eigenvalue weighted by Gasteiger charge is -2.35. The average molecular weight is 351 g/mol. The zero-order chi connectivity index (χ0) is 16.3. The zero-order valence-electron chi connectivity index (χ0n) is 10.8. The molecule has 1 N–H and O–H groups in total. The molecule has 126 valence electrons. The summed E-state index contributed by atoms with van der Waals surface area (Å²) >= 11 is 0. The Balaban J connectivity index is 2.50. The Morgan fingerprint density at radius 3 is 2.33 bits per heavy atom. The van der Waals surface area contributed by atoms with E-state index in [1.165, 1.54) is 0 Å². The fourth-order valence-corrected chi connectivity index (χ4v) is 3.15. The first-order chi connectivity index (χ1) is 9.43. The predicted octanol–water partition coefficient (Wildman–Crippen LogP) is -0.250. The summed E-state index contributed by atoms with van der Waals surface area (Å²) in [6.07, 6.45) is -0.503. The highest BCUT2D eigenvalue weighted by Crippen LogP contribution is 2.40. The van der Waals surface area contributed by atoms with Gasteiger partial charge in [-0.15, -0.1) is 0 Å². The summed E-state index contributed by atoms with van der Waals surface area (Å²) in [4.78, 5) is 0. The third-order valence-corrected chi connectivity index (χ3v) is 4.73. The van der Waals surface area contributed by atoms with Crippen molar-refractivity contribution in [3.63, 3.8) is 0 Å². The number of hydrogen-bond donors (Lipinski definition) is 1. The lowest BCUT2D eigenvalue weighted by molar-refractivity contribution is -0.0499. The van der Waals surface area contributed by atoms with Crippen molar-refractivity contribution in [3.05, 3.63) is 0 Å². The first-order valence-electron chi connectivity index (χ1n) is 6.09. The summed E-state index contributed by atoms with van der Waals surface area (Å²) in [5, 5.41) is -4.36. The van der Waals surface area contributed by atoms with E-state index < -0.39 is 37.7 Å². The molecule has 1 rings (SSSR count). The van der Waals surface area contributed by atoms with Crippen molar-refractivity contribution in [1.29, 1.82) is 0 Å². The van der Waals surface area contributed by atoms with Crippen LogP contribution < -0.4 is 4.72 Å². The molecule has 21 heavy (non-hydrogen) atoms. The number of ether oxygens (including phenoxy) is 1. The Bertz CT molecular complexity index is 548. The van der Waals surface area contributed by atoms with Crippen molar-refractivity contribution in [2.45, 2.75) is 37.0 Å². The van der Waals surface area contributed by atoms with E-state index in [0.29, 0.717) is 6.42 Å². The van der Waals surface area contributed by atoms with Gasteiger partial charge in [0.15, 0.2) is 20.4 Å². The molecule has 0 spiro atoms. The molecule has 1 aliphatic carbocycles. The Morgan fingerprint density at radius 1 is 1.19 bits per heavy atom. The van der Waals surface area contributed by atoms with E-state index in [9.17, 15) is 34.7 Å². The molecular formula is C9H15F2NO7S2-2. The van der Waals surface area contributed by atoms with Crippen LogP contribution in [0.5, 0.6) is 0 Å². The van der Waals surface area contributed by atoms with Crippen LogP contribution in [0.25, 0.3) is 0 Å². The summed E-state index contributed by atoms with van der Waals surface area (Å²) in [5.74, 6) is -1.63. The summed E-state index contributed by atoms with van der Waals surface area (Å²) < 4.78 is 96.1. The van der Waals surface area contributed by atoms with E-state index in [2.05, 4.69) is 0 Å². The van der Waals surface area contributed by atoms with Gasteiger partial charge in [-0.3, -0.25) is 0 Å². The molecule has 0 aromatic heterocycles. The van der Waals surface area contributed by atoms with E-state index in [-0.39, 0.29) is 32.4 Å². The molecule has 0 bridgehead atoms. The molecule has 0 amide bonds. The molecule has 0 aliphatic heterocycles. The van der Waals surface area contributed by atoms with Crippen LogP contribution in [0.1, 0.15) is 25.7 Å². The molecule has 0 aromatic carbocycles. The normalized spacial score (nSPS) is 25.0. The maximum absolute atomic E-state index is 13.4. The van der Waals surface area contributed by atoms with Crippen LogP contribution in [0.3, 0.4) is 0 Å². The molecule has 1 fully saturated rings. The molecular weight excluding hydrogens is 336 g/mol. The van der Waals surface area contributed by atoms with E-state index in [4.69, 9.17) is 4.74 Å². The average Bonchev–Trinajstić information content (AvgIpc) is 2.32. The van der Waals surface area contributed by atoms with Crippen LogP contribution >= 0.6 is 0 Å². The SMILES string of the molecule is O=S(=O)([O-])NCCOC1CCCC(C(F)(F)S(=O)(=O)[O-])C1. The molecule has 2 atom stereocenters. The second kappa shape index (κ2) is 6.79. The summed E-state index contributed by atoms with van der Waals surface area (Å²) in [5.41, 5.74) is 0. The van der Waals surface area contributed by atoms with Gasteiger partial charge in [-0.25, -0.2) is 21.6 Å². The summed E-state index contributed by atoms with van der Waals surface area (Å²) in [7, 11) is -10.3. The predicted molar refractivity (Wildman–Crippen MR) is 64.0 cm³/mol. The summed E-state index contributed by atoms with van der Waals surface area (Å²) in [6, 6.07) is 0. The first kappa shape index (κ1) is 18.6. The topological polar surface area (TPSA) is 136 Å². The molecule has 0 aromatic rings. The lowest BCUT2D eigenvalue weighted by Crippen LogP contribution is -2.41. The van der Waals surface area contributed by atoms with Gasteiger partial charge >= 0.3 is 5.25 Å². The highest BCUT2D eigenvalue weighted by atomic mass is 32.2. The van der Waals surface area contributed by atoms with Crippen molar-refractivity contribution in [2.24, 2.45) is 5.92 Å². The molecule has 0 radical (unpaired) electrons. The maximum Gasteiger partial charge on any atom is 0.337 e.